The Balaban J connectivity index is 1.58. The molecule has 3 rings (SSSR count). The molecule has 23 heavy (non-hydrogen) atoms. The standard InChI is InChI=1S/C17H14BrN3O2/c18-14-8-6-13(7-9-14)17-21-20-16(23-17)10-15(22)19-11-12-4-2-1-3-5-12/h1-9H,10-11H2,(H,19,22). The van der Waals surface area contributed by atoms with E-state index < -0.39 is 0 Å². The Hall–Kier alpha value is -2.47. The topological polar surface area (TPSA) is 68.0 Å². The molecule has 1 aromatic heterocycles. The van der Waals surface area contributed by atoms with Gasteiger partial charge in [0.1, 0.15) is 6.42 Å². The van der Waals surface area contributed by atoms with Crippen molar-refractivity contribution >= 4 is 21.8 Å². The molecule has 1 amide bonds. The summed E-state index contributed by atoms with van der Waals surface area (Å²) in [5.41, 5.74) is 1.86. The molecule has 0 aliphatic rings. The maximum absolute atomic E-state index is 11.9. The number of halogens is 1. The minimum absolute atomic E-state index is 0.0658. The molecule has 1 heterocycles. The predicted molar refractivity (Wildman–Crippen MR) is 89.4 cm³/mol. The normalized spacial score (nSPS) is 10.5. The third kappa shape index (κ3) is 4.26. The first kappa shape index (κ1) is 15.4. The Morgan fingerprint density at radius 2 is 1.78 bits per heavy atom. The second-order valence-corrected chi connectivity index (χ2v) is 5.86. The van der Waals surface area contributed by atoms with Crippen LogP contribution in [0.2, 0.25) is 0 Å². The Bertz CT molecular complexity index is 785. The van der Waals surface area contributed by atoms with Crippen molar-refractivity contribution in [2.24, 2.45) is 0 Å². The van der Waals surface area contributed by atoms with E-state index in [0.717, 1.165) is 15.6 Å². The summed E-state index contributed by atoms with van der Waals surface area (Å²) in [5, 5.41) is 10.7. The largest absolute Gasteiger partial charge is 0.420 e. The fourth-order valence-corrected chi connectivity index (χ4v) is 2.29. The molecular weight excluding hydrogens is 358 g/mol. The molecule has 116 valence electrons. The minimum atomic E-state index is -0.153. The Morgan fingerprint density at radius 3 is 2.52 bits per heavy atom. The first-order valence-electron chi connectivity index (χ1n) is 7.09. The van der Waals surface area contributed by atoms with Crippen molar-refractivity contribution in [2.45, 2.75) is 13.0 Å². The zero-order valence-electron chi connectivity index (χ0n) is 12.2. The summed E-state index contributed by atoms with van der Waals surface area (Å²) in [6.45, 7) is 0.480. The number of carbonyl (C=O) groups is 1. The molecular formula is C17H14BrN3O2. The van der Waals surface area contributed by atoms with Gasteiger partial charge < -0.3 is 9.73 Å². The smallest absolute Gasteiger partial charge is 0.247 e. The van der Waals surface area contributed by atoms with Crippen LogP contribution in [0.15, 0.2) is 63.5 Å². The van der Waals surface area contributed by atoms with Crippen molar-refractivity contribution in [1.82, 2.24) is 15.5 Å². The highest BCUT2D eigenvalue weighted by Crippen LogP contribution is 2.20. The molecule has 1 N–H and O–H groups in total. The number of amides is 1. The van der Waals surface area contributed by atoms with Gasteiger partial charge in [0.2, 0.25) is 17.7 Å². The summed E-state index contributed by atoms with van der Waals surface area (Å²) in [6, 6.07) is 17.3. The highest BCUT2D eigenvalue weighted by Gasteiger charge is 2.12. The number of aromatic nitrogens is 2. The van der Waals surface area contributed by atoms with E-state index in [-0.39, 0.29) is 12.3 Å². The Morgan fingerprint density at radius 1 is 1.04 bits per heavy atom. The van der Waals surface area contributed by atoms with E-state index >= 15 is 0 Å². The van der Waals surface area contributed by atoms with E-state index in [1.165, 1.54) is 0 Å². The van der Waals surface area contributed by atoms with Gasteiger partial charge >= 0.3 is 0 Å². The number of hydrogen-bond donors (Lipinski definition) is 1. The lowest BCUT2D eigenvalue weighted by Crippen LogP contribution is -2.24. The van der Waals surface area contributed by atoms with Gasteiger partial charge in [-0.3, -0.25) is 4.79 Å². The van der Waals surface area contributed by atoms with Crippen LogP contribution in [-0.2, 0) is 17.8 Å². The van der Waals surface area contributed by atoms with Crippen molar-refractivity contribution in [3.8, 4) is 11.5 Å². The van der Waals surface area contributed by atoms with Crippen LogP contribution in [0.5, 0.6) is 0 Å². The van der Waals surface area contributed by atoms with Gasteiger partial charge in [-0.05, 0) is 29.8 Å². The number of rotatable bonds is 5. The Kier molecular flexibility index (Phi) is 4.83. The average Bonchev–Trinajstić information content (AvgIpc) is 3.03. The van der Waals surface area contributed by atoms with Crippen LogP contribution in [0.3, 0.4) is 0 Å². The van der Waals surface area contributed by atoms with Crippen LogP contribution in [0.4, 0.5) is 0 Å². The van der Waals surface area contributed by atoms with Crippen LogP contribution >= 0.6 is 15.9 Å². The van der Waals surface area contributed by atoms with Gasteiger partial charge in [-0.2, -0.15) is 0 Å². The van der Waals surface area contributed by atoms with Gasteiger partial charge in [0.15, 0.2) is 0 Å². The summed E-state index contributed by atoms with van der Waals surface area (Å²) < 4.78 is 6.51. The molecule has 0 unspecified atom stereocenters. The molecule has 3 aromatic rings. The number of nitrogens with one attached hydrogen (secondary N) is 1. The maximum atomic E-state index is 11.9. The van der Waals surface area contributed by atoms with Gasteiger partial charge in [-0.15, -0.1) is 10.2 Å². The minimum Gasteiger partial charge on any atom is -0.420 e. The van der Waals surface area contributed by atoms with E-state index in [1.54, 1.807) is 0 Å². The fourth-order valence-electron chi connectivity index (χ4n) is 2.03. The molecule has 0 aliphatic heterocycles. The second kappa shape index (κ2) is 7.19. The SMILES string of the molecule is O=C(Cc1nnc(-c2ccc(Br)cc2)o1)NCc1ccccc1. The van der Waals surface area contributed by atoms with Gasteiger partial charge in [-0.25, -0.2) is 0 Å². The van der Waals surface area contributed by atoms with Crippen molar-refractivity contribution in [2.75, 3.05) is 0 Å². The van der Waals surface area contributed by atoms with Crippen LogP contribution in [0.25, 0.3) is 11.5 Å². The number of benzene rings is 2. The van der Waals surface area contributed by atoms with Crippen LogP contribution in [0.1, 0.15) is 11.5 Å². The zero-order valence-corrected chi connectivity index (χ0v) is 13.8. The van der Waals surface area contributed by atoms with E-state index in [1.807, 2.05) is 54.6 Å². The first-order chi connectivity index (χ1) is 11.2. The molecule has 0 spiro atoms. The van der Waals surface area contributed by atoms with Crippen LogP contribution in [-0.4, -0.2) is 16.1 Å². The molecule has 0 bridgehead atoms. The van der Waals surface area contributed by atoms with Crippen molar-refractivity contribution in [3.05, 3.63) is 70.5 Å². The van der Waals surface area contributed by atoms with Crippen LogP contribution in [0, 0.1) is 0 Å². The predicted octanol–water partition coefficient (Wildman–Crippen LogP) is 3.36. The maximum Gasteiger partial charge on any atom is 0.247 e. The molecule has 2 aromatic carbocycles. The molecule has 0 saturated heterocycles. The van der Waals surface area contributed by atoms with E-state index in [9.17, 15) is 4.79 Å². The zero-order chi connectivity index (χ0) is 16.1. The molecule has 0 atom stereocenters. The lowest BCUT2D eigenvalue weighted by molar-refractivity contribution is -0.120. The highest BCUT2D eigenvalue weighted by atomic mass is 79.9. The lowest BCUT2D eigenvalue weighted by Gasteiger charge is -2.03. The lowest BCUT2D eigenvalue weighted by atomic mass is 10.2. The molecule has 0 radical (unpaired) electrons. The molecule has 6 heteroatoms. The third-order valence-electron chi connectivity index (χ3n) is 3.20. The molecule has 0 aliphatic carbocycles. The Labute approximate surface area is 141 Å². The quantitative estimate of drug-likeness (QED) is 0.746. The number of hydrogen-bond acceptors (Lipinski definition) is 4. The van der Waals surface area contributed by atoms with Gasteiger partial charge in [0, 0.05) is 16.6 Å². The number of nitrogens with zero attached hydrogens (tertiary/aromatic N) is 2. The van der Waals surface area contributed by atoms with Gasteiger partial charge in [0.05, 0.1) is 0 Å². The van der Waals surface area contributed by atoms with E-state index in [4.69, 9.17) is 4.42 Å². The molecule has 0 saturated carbocycles. The summed E-state index contributed by atoms with van der Waals surface area (Å²) in [7, 11) is 0. The summed E-state index contributed by atoms with van der Waals surface area (Å²) >= 11 is 3.37. The summed E-state index contributed by atoms with van der Waals surface area (Å²) in [6.07, 6.45) is 0.0658. The fraction of sp³-hybridized carbons (Fsp3) is 0.118. The summed E-state index contributed by atoms with van der Waals surface area (Å²) in [4.78, 5) is 11.9. The van der Waals surface area contributed by atoms with Crippen LogP contribution < -0.4 is 5.32 Å². The van der Waals surface area contributed by atoms with E-state index in [0.29, 0.717) is 18.3 Å². The van der Waals surface area contributed by atoms with Crippen molar-refractivity contribution in [3.63, 3.8) is 0 Å². The molecule has 0 fully saturated rings. The molecule has 5 nitrogen and oxygen atoms in total. The van der Waals surface area contributed by atoms with E-state index in [2.05, 4.69) is 31.4 Å². The number of carbonyl (C=O) groups excluding carboxylic acids is 1. The van der Waals surface area contributed by atoms with Gasteiger partial charge in [-0.1, -0.05) is 46.3 Å². The van der Waals surface area contributed by atoms with Crippen molar-refractivity contribution in [1.29, 1.82) is 0 Å². The van der Waals surface area contributed by atoms with Crippen molar-refractivity contribution < 1.29 is 9.21 Å². The monoisotopic (exact) mass is 371 g/mol. The summed E-state index contributed by atoms with van der Waals surface area (Å²) in [5.74, 6) is 0.552. The average molecular weight is 372 g/mol. The second-order valence-electron chi connectivity index (χ2n) is 4.95. The highest BCUT2D eigenvalue weighted by molar-refractivity contribution is 9.10. The third-order valence-corrected chi connectivity index (χ3v) is 3.73. The van der Waals surface area contributed by atoms with Gasteiger partial charge in [0.25, 0.3) is 0 Å². The first-order valence-corrected chi connectivity index (χ1v) is 7.89.